The quantitative estimate of drug-likeness (QED) is 0.893. The first kappa shape index (κ1) is 12.5. The maximum Gasteiger partial charge on any atom is 0.237 e. The highest BCUT2D eigenvalue weighted by Gasteiger charge is 2.45. The standard InChI is InChI=1S/C12H14BrNO3/c1-8-2-3-9(13)4-10(8)14-11(16)12(5-15)6-17-7-12/h2-4,15H,5-7H2,1H3,(H,14,16). The Morgan fingerprint density at radius 2 is 2.29 bits per heavy atom. The summed E-state index contributed by atoms with van der Waals surface area (Å²) in [5.74, 6) is -0.188. The minimum atomic E-state index is -0.769. The normalized spacial score (nSPS) is 17.4. The predicted molar refractivity (Wildman–Crippen MR) is 67.8 cm³/mol. The molecule has 1 amide bonds. The summed E-state index contributed by atoms with van der Waals surface area (Å²) in [7, 11) is 0. The van der Waals surface area contributed by atoms with E-state index in [1.807, 2.05) is 25.1 Å². The maximum absolute atomic E-state index is 12.0. The topological polar surface area (TPSA) is 58.6 Å². The van der Waals surface area contributed by atoms with Crippen LogP contribution in [0.15, 0.2) is 22.7 Å². The van der Waals surface area contributed by atoms with Gasteiger partial charge in [0.2, 0.25) is 5.91 Å². The summed E-state index contributed by atoms with van der Waals surface area (Å²) in [5.41, 5.74) is 0.966. The Hall–Kier alpha value is -0.910. The lowest BCUT2D eigenvalue weighted by atomic mass is 9.86. The molecule has 1 aromatic carbocycles. The number of carbonyl (C=O) groups is 1. The number of amides is 1. The van der Waals surface area contributed by atoms with Crippen molar-refractivity contribution in [2.45, 2.75) is 6.92 Å². The monoisotopic (exact) mass is 299 g/mol. The second-order valence-corrected chi connectivity index (χ2v) is 5.26. The molecule has 0 saturated carbocycles. The average Bonchev–Trinajstić information content (AvgIpc) is 2.23. The van der Waals surface area contributed by atoms with E-state index in [1.165, 1.54) is 0 Å². The third kappa shape index (κ3) is 2.36. The molecule has 2 rings (SSSR count). The van der Waals surface area contributed by atoms with Gasteiger partial charge in [0, 0.05) is 10.2 Å². The fraction of sp³-hybridized carbons (Fsp3) is 0.417. The van der Waals surface area contributed by atoms with Gasteiger partial charge in [-0.25, -0.2) is 0 Å². The van der Waals surface area contributed by atoms with Crippen molar-refractivity contribution in [2.75, 3.05) is 25.1 Å². The van der Waals surface area contributed by atoms with Crippen molar-refractivity contribution in [1.82, 2.24) is 0 Å². The molecule has 2 N–H and O–H groups in total. The molecule has 4 nitrogen and oxygen atoms in total. The predicted octanol–water partition coefficient (Wildman–Crippen LogP) is 1.70. The Morgan fingerprint density at radius 3 is 2.82 bits per heavy atom. The number of hydrogen-bond acceptors (Lipinski definition) is 3. The lowest BCUT2D eigenvalue weighted by molar-refractivity contribution is -0.164. The highest BCUT2D eigenvalue weighted by atomic mass is 79.9. The van der Waals surface area contributed by atoms with Crippen LogP contribution in [0.25, 0.3) is 0 Å². The van der Waals surface area contributed by atoms with Crippen LogP contribution in [0, 0.1) is 12.3 Å². The average molecular weight is 300 g/mol. The van der Waals surface area contributed by atoms with E-state index in [1.54, 1.807) is 0 Å². The van der Waals surface area contributed by atoms with Gasteiger partial charge in [-0.2, -0.15) is 0 Å². The number of ether oxygens (including phenoxy) is 1. The van der Waals surface area contributed by atoms with Crippen LogP contribution >= 0.6 is 15.9 Å². The Kier molecular flexibility index (Phi) is 3.51. The molecular formula is C12H14BrNO3. The molecule has 1 aliphatic heterocycles. The van der Waals surface area contributed by atoms with Crippen molar-refractivity contribution in [3.8, 4) is 0 Å². The minimum Gasteiger partial charge on any atom is -0.395 e. The summed E-state index contributed by atoms with van der Waals surface area (Å²) in [5, 5.41) is 12.1. The second-order valence-electron chi connectivity index (χ2n) is 4.34. The summed E-state index contributed by atoms with van der Waals surface area (Å²) in [6.07, 6.45) is 0. The zero-order valence-corrected chi connectivity index (χ0v) is 11.1. The number of aliphatic hydroxyl groups excluding tert-OH is 1. The Balaban J connectivity index is 2.15. The van der Waals surface area contributed by atoms with Gasteiger partial charge < -0.3 is 15.2 Å². The Morgan fingerprint density at radius 1 is 1.59 bits per heavy atom. The van der Waals surface area contributed by atoms with Crippen molar-refractivity contribution in [1.29, 1.82) is 0 Å². The number of hydrogen-bond donors (Lipinski definition) is 2. The van der Waals surface area contributed by atoms with E-state index >= 15 is 0 Å². The molecule has 92 valence electrons. The SMILES string of the molecule is Cc1ccc(Br)cc1NC(=O)C1(CO)COC1. The Labute approximate surface area is 108 Å². The molecule has 0 radical (unpaired) electrons. The van der Waals surface area contributed by atoms with Gasteiger partial charge in [-0.15, -0.1) is 0 Å². The van der Waals surface area contributed by atoms with E-state index < -0.39 is 5.41 Å². The van der Waals surface area contributed by atoms with Gasteiger partial charge in [-0.3, -0.25) is 4.79 Å². The van der Waals surface area contributed by atoms with Gasteiger partial charge >= 0.3 is 0 Å². The lowest BCUT2D eigenvalue weighted by Crippen LogP contribution is -2.54. The number of anilines is 1. The summed E-state index contributed by atoms with van der Waals surface area (Å²) in [6.45, 7) is 2.29. The van der Waals surface area contributed by atoms with Gasteiger partial charge in [0.15, 0.2) is 0 Å². The van der Waals surface area contributed by atoms with E-state index in [9.17, 15) is 9.90 Å². The first-order valence-corrected chi connectivity index (χ1v) is 6.13. The fourth-order valence-electron chi connectivity index (χ4n) is 1.63. The second kappa shape index (κ2) is 4.76. The number of benzene rings is 1. The van der Waals surface area contributed by atoms with Crippen LogP contribution < -0.4 is 5.32 Å². The molecule has 0 atom stereocenters. The van der Waals surface area contributed by atoms with E-state index in [4.69, 9.17) is 4.74 Å². The van der Waals surface area contributed by atoms with Crippen LogP contribution in [0.2, 0.25) is 0 Å². The van der Waals surface area contributed by atoms with Crippen LogP contribution in [0.5, 0.6) is 0 Å². The largest absolute Gasteiger partial charge is 0.395 e. The molecule has 0 spiro atoms. The molecule has 0 bridgehead atoms. The molecule has 0 unspecified atom stereocenters. The smallest absolute Gasteiger partial charge is 0.237 e. The molecule has 1 fully saturated rings. The highest BCUT2D eigenvalue weighted by Crippen LogP contribution is 2.29. The number of aryl methyl sites for hydroxylation is 1. The third-order valence-corrected chi connectivity index (χ3v) is 3.48. The van der Waals surface area contributed by atoms with Gasteiger partial charge in [-0.1, -0.05) is 22.0 Å². The zero-order valence-electron chi connectivity index (χ0n) is 9.50. The molecule has 17 heavy (non-hydrogen) atoms. The highest BCUT2D eigenvalue weighted by molar-refractivity contribution is 9.10. The zero-order chi connectivity index (χ0) is 12.5. The van der Waals surface area contributed by atoms with Gasteiger partial charge in [-0.05, 0) is 24.6 Å². The Bertz CT molecular complexity index is 438. The van der Waals surface area contributed by atoms with Gasteiger partial charge in [0.1, 0.15) is 5.41 Å². The summed E-state index contributed by atoms with van der Waals surface area (Å²) >= 11 is 3.36. The number of halogens is 1. The molecule has 1 heterocycles. The molecule has 1 aliphatic rings. The summed E-state index contributed by atoms with van der Waals surface area (Å²) in [4.78, 5) is 12.0. The molecule has 1 aromatic rings. The van der Waals surface area contributed by atoms with E-state index in [-0.39, 0.29) is 25.7 Å². The van der Waals surface area contributed by atoms with Crippen LogP contribution in [-0.2, 0) is 9.53 Å². The molecule has 5 heteroatoms. The number of nitrogens with one attached hydrogen (secondary N) is 1. The summed E-state index contributed by atoms with van der Waals surface area (Å²) < 4.78 is 5.92. The lowest BCUT2D eigenvalue weighted by Gasteiger charge is -2.38. The third-order valence-electron chi connectivity index (χ3n) is 2.99. The molecule has 0 aliphatic carbocycles. The molecule has 1 saturated heterocycles. The van der Waals surface area contributed by atoms with E-state index in [0.29, 0.717) is 0 Å². The first-order valence-electron chi connectivity index (χ1n) is 5.34. The van der Waals surface area contributed by atoms with Crippen LogP contribution in [0.1, 0.15) is 5.56 Å². The van der Waals surface area contributed by atoms with E-state index in [0.717, 1.165) is 15.7 Å². The number of aliphatic hydroxyl groups is 1. The van der Waals surface area contributed by atoms with Crippen molar-refractivity contribution < 1.29 is 14.6 Å². The molecular weight excluding hydrogens is 286 g/mol. The van der Waals surface area contributed by atoms with Crippen LogP contribution in [0.3, 0.4) is 0 Å². The maximum atomic E-state index is 12.0. The van der Waals surface area contributed by atoms with Gasteiger partial charge in [0.05, 0.1) is 19.8 Å². The van der Waals surface area contributed by atoms with Crippen LogP contribution in [0.4, 0.5) is 5.69 Å². The van der Waals surface area contributed by atoms with E-state index in [2.05, 4.69) is 21.2 Å². The van der Waals surface area contributed by atoms with Crippen molar-refractivity contribution in [3.63, 3.8) is 0 Å². The number of rotatable bonds is 3. The van der Waals surface area contributed by atoms with Gasteiger partial charge in [0.25, 0.3) is 0 Å². The first-order chi connectivity index (χ1) is 8.07. The van der Waals surface area contributed by atoms with Crippen molar-refractivity contribution in [3.05, 3.63) is 28.2 Å². The van der Waals surface area contributed by atoms with Crippen molar-refractivity contribution in [2.24, 2.45) is 5.41 Å². The van der Waals surface area contributed by atoms with Crippen LogP contribution in [-0.4, -0.2) is 30.8 Å². The fourth-order valence-corrected chi connectivity index (χ4v) is 1.99. The van der Waals surface area contributed by atoms with Crippen molar-refractivity contribution >= 4 is 27.5 Å². The summed E-state index contributed by atoms with van der Waals surface area (Å²) in [6, 6.07) is 5.68. The molecule has 0 aromatic heterocycles. The minimum absolute atomic E-state index is 0.188. The number of carbonyl (C=O) groups excluding carboxylic acids is 1.